The van der Waals surface area contributed by atoms with E-state index in [4.69, 9.17) is 16.3 Å². The van der Waals surface area contributed by atoms with E-state index in [-0.39, 0.29) is 23.2 Å². The van der Waals surface area contributed by atoms with Gasteiger partial charge in [0.25, 0.3) is 5.91 Å². The van der Waals surface area contributed by atoms with Crippen molar-refractivity contribution in [2.75, 3.05) is 13.2 Å². The first-order chi connectivity index (χ1) is 11.5. The quantitative estimate of drug-likeness (QED) is 0.615. The molecule has 0 saturated heterocycles. The number of amides is 1. The summed E-state index contributed by atoms with van der Waals surface area (Å²) in [4.78, 5) is 23.7. The normalized spacial score (nSPS) is 10.5. The Morgan fingerprint density at radius 3 is 2.62 bits per heavy atom. The van der Waals surface area contributed by atoms with Gasteiger partial charge >= 0.3 is 5.97 Å². The lowest BCUT2D eigenvalue weighted by Crippen LogP contribution is -2.29. The number of carbonyl (C=O) groups excluding carboxylic acids is 2. The van der Waals surface area contributed by atoms with Gasteiger partial charge in [-0.15, -0.1) is 0 Å². The lowest BCUT2D eigenvalue weighted by Gasteiger charge is -2.07. The molecular formula is C17H20ClN3O3. The molecule has 0 aliphatic heterocycles. The van der Waals surface area contributed by atoms with Crippen molar-refractivity contribution in [3.8, 4) is 0 Å². The molecule has 1 heterocycles. The summed E-state index contributed by atoms with van der Waals surface area (Å²) in [5, 5.41) is 6.95. The van der Waals surface area contributed by atoms with Crippen LogP contribution in [0.25, 0.3) is 0 Å². The zero-order chi connectivity index (χ0) is 17.5. The molecule has 0 spiro atoms. The third-order valence-electron chi connectivity index (χ3n) is 3.50. The van der Waals surface area contributed by atoms with Crippen LogP contribution in [0.5, 0.6) is 0 Å². The number of hydrogen-bond donors (Lipinski definition) is 1. The molecule has 24 heavy (non-hydrogen) atoms. The first-order valence-corrected chi connectivity index (χ1v) is 8.03. The topological polar surface area (TPSA) is 73.2 Å². The number of esters is 1. The Labute approximate surface area is 145 Å². The summed E-state index contributed by atoms with van der Waals surface area (Å²) >= 11 is 5.98. The predicted molar refractivity (Wildman–Crippen MR) is 91.0 cm³/mol. The maximum Gasteiger partial charge on any atom is 0.343 e. The molecule has 6 nitrogen and oxygen atoms in total. The highest BCUT2D eigenvalue weighted by Crippen LogP contribution is 2.19. The number of benzene rings is 1. The van der Waals surface area contributed by atoms with Crippen LogP contribution in [0.15, 0.2) is 30.3 Å². The third-order valence-corrected chi connectivity index (χ3v) is 3.93. The predicted octanol–water partition coefficient (Wildman–Crippen LogP) is 2.29. The number of halogens is 1. The smallest absolute Gasteiger partial charge is 0.343 e. The Kier molecular flexibility index (Phi) is 6.37. The van der Waals surface area contributed by atoms with E-state index < -0.39 is 5.97 Å². The Hall–Kier alpha value is -2.34. The van der Waals surface area contributed by atoms with E-state index in [1.165, 1.54) is 10.2 Å². The summed E-state index contributed by atoms with van der Waals surface area (Å²) in [6.45, 7) is 1.85. The van der Waals surface area contributed by atoms with Gasteiger partial charge in [-0.3, -0.25) is 9.48 Å². The van der Waals surface area contributed by atoms with E-state index in [2.05, 4.69) is 10.4 Å². The van der Waals surface area contributed by atoms with Crippen molar-refractivity contribution in [2.45, 2.75) is 19.8 Å². The maximum absolute atomic E-state index is 12.0. The second-order valence-corrected chi connectivity index (χ2v) is 5.75. The van der Waals surface area contributed by atoms with E-state index in [1.54, 1.807) is 14.0 Å². The highest BCUT2D eigenvalue weighted by Gasteiger charge is 2.21. The summed E-state index contributed by atoms with van der Waals surface area (Å²) in [7, 11) is 1.63. The molecular weight excluding hydrogens is 330 g/mol. The molecule has 1 aromatic carbocycles. The van der Waals surface area contributed by atoms with Gasteiger partial charge in [-0.05, 0) is 25.3 Å². The SMILES string of the molecule is Cc1nn(C)c(Cl)c1C(=O)OCC(=O)NCCCc1ccccc1. The summed E-state index contributed by atoms with van der Waals surface area (Å²) in [5.74, 6) is -0.987. The van der Waals surface area contributed by atoms with Crippen LogP contribution in [0.2, 0.25) is 5.15 Å². The highest BCUT2D eigenvalue weighted by atomic mass is 35.5. The van der Waals surface area contributed by atoms with E-state index in [1.807, 2.05) is 30.3 Å². The minimum atomic E-state index is -0.648. The first-order valence-electron chi connectivity index (χ1n) is 7.66. The van der Waals surface area contributed by atoms with Gasteiger partial charge in [0, 0.05) is 13.6 Å². The van der Waals surface area contributed by atoms with Crippen LogP contribution in [0.3, 0.4) is 0 Å². The van der Waals surface area contributed by atoms with E-state index in [0.717, 1.165) is 12.8 Å². The fourth-order valence-electron chi connectivity index (χ4n) is 2.28. The minimum absolute atomic E-state index is 0.191. The number of aromatic nitrogens is 2. The second-order valence-electron chi connectivity index (χ2n) is 5.39. The molecule has 7 heteroatoms. The van der Waals surface area contributed by atoms with E-state index in [0.29, 0.717) is 12.2 Å². The van der Waals surface area contributed by atoms with Crippen molar-refractivity contribution in [1.82, 2.24) is 15.1 Å². The number of carbonyl (C=O) groups is 2. The molecule has 128 valence electrons. The maximum atomic E-state index is 12.0. The van der Waals surface area contributed by atoms with Gasteiger partial charge < -0.3 is 10.1 Å². The molecule has 0 fully saturated rings. The second kappa shape index (κ2) is 8.49. The van der Waals surface area contributed by atoms with Crippen LogP contribution in [-0.4, -0.2) is 34.8 Å². The highest BCUT2D eigenvalue weighted by molar-refractivity contribution is 6.32. The molecule has 0 radical (unpaired) electrons. The van der Waals surface area contributed by atoms with E-state index >= 15 is 0 Å². The van der Waals surface area contributed by atoms with Crippen LogP contribution in [0, 0.1) is 6.92 Å². The zero-order valence-electron chi connectivity index (χ0n) is 13.7. The lowest BCUT2D eigenvalue weighted by molar-refractivity contribution is -0.124. The number of nitrogens with zero attached hydrogens (tertiary/aromatic N) is 2. The average molecular weight is 350 g/mol. The van der Waals surface area contributed by atoms with Gasteiger partial charge in [-0.25, -0.2) is 4.79 Å². The standard InChI is InChI=1S/C17H20ClN3O3/c1-12-15(16(18)21(2)20-12)17(23)24-11-14(22)19-10-6-9-13-7-4-3-5-8-13/h3-5,7-8H,6,9-11H2,1-2H3,(H,19,22). The third kappa shape index (κ3) is 4.83. The summed E-state index contributed by atoms with van der Waals surface area (Å²) < 4.78 is 6.38. The Bertz CT molecular complexity index is 713. The van der Waals surface area contributed by atoms with Crippen LogP contribution < -0.4 is 5.32 Å². The van der Waals surface area contributed by atoms with Gasteiger partial charge in [0.1, 0.15) is 10.7 Å². The van der Waals surface area contributed by atoms with Crippen LogP contribution in [0.4, 0.5) is 0 Å². The van der Waals surface area contributed by atoms with Crippen LogP contribution in [0.1, 0.15) is 28.0 Å². The molecule has 0 atom stereocenters. The molecule has 0 aliphatic rings. The van der Waals surface area contributed by atoms with Gasteiger partial charge in [0.05, 0.1) is 5.69 Å². The number of hydrogen-bond acceptors (Lipinski definition) is 4. The van der Waals surface area contributed by atoms with E-state index in [9.17, 15) is 9.59 Å². The molecule has 0 saturated carbocycles. The first kappa shape index (κ1) is 18.0. The van der Waals surface area contributed by atoms with Crippen molar-refractivity contribution in [2.24, 2.45) is 7.05 Å². The van der Waals surface area contributed by atoms with Crippen LogP contribution >= 0.6 is 11.6 Å². The fourth-order valence-corrected chi connectivity index (χ4v) is 2.53. The van der Waals surface area contributed by atoms with Crippen molar-refractivity contribution >= 4 is 23.5 Å². The minimum Gasteiger partial charge on any atom is -0.452 e. The molecule has 0 aliphatic carbocycles. The van der Waals surface area contributed by atoms with Gasteiger partial charge in [0.2, 0.25) is 0 Å². The molecule has 1 amide bonds. The summed E-state index contributed by atoms with van der Waals surface area (Å²) in [6.07, 6.45) is 1.70. The monoisotopic (exact) mass is 349 g/mol. The molecule has 0 unspecified atom stereocenters. The average Bonchev–Trinajstić information content (AvgIpc) is 2.83. The van der Waals surface area contributed by atoms with Crippen molar-refractivity contribution in [3.05, 3.63) is 52.3 Å². The van der Waals surface area contributed by atoms with Crippen molar-refractivity contribution in [1.29, 1.82) is 0 Å². The van der Waals surface area contributed by atoms with Gasteiger partial charge in [0.15, 0.2) is 6.61 Å². The zero-order valence-corrected chi connectivity index (χ0v) is 14.5. The van der Waals surface area contributed by atoms with Gasteiger partial charge in [-0.1, -0.05) is 41.9 Å². The molecule has 0 bridgehead atoms. The summed E-state index contributed by atoms with van der Waals surface area (Å²) in [5.41, 5.74) is 1.88. The molecule has 2 rings (SSSR count). The van der Waals surface area contributed by atoms with Crippen molar-refractivity contribution in [3.63, 3.8) is 0 Å². The number of aryl methyl sites for hydroxylation is 3. The number of rotatable bonds is 7. The summed E-state index contributed by atoms with van der Waals surface area (Å²) in [6, 6.07) is 10.0. The number of nitrogens with one attached hydrogen (secondary N) is 1. The molecule has 2 aromatic rings. The number of ether oxygens (including phenoxy) is 1. The van der Waals surface area contributed by atoms with Crippen molar-refractivity contribution < 1.29 is 14.3 Å². The largest absolute Gasteiger partial charge is 0.452 e. The Balaban J connectivity index is 1.70. The van der Waals surface area contributed by atoms with Crippen LogP contribution in [-0.2, 0) is 23.0 Å². The Morgan fingerprint density at radius 2 is 2.00 bits per heavy atom. The fraction of sp³-hybridized carbons (Fsp3) is 0.353. The molecule has 1 N–H and O–H groups in total. The molecule has 1 aromatic heterocycles. The lowest BCUT2D eigenvalue weighted by atomic mass is 10.1. The van der Waals surface area contributed by atoms with Gasteiger partial charge in [-0.2, -0.15) is 5.10 Å². The Morgan fingerprint density at radius 1 is 1.29 bits per heavy atom.